The Morgan fingerprint density at radius 3 is 2.18 bits per heavy atom. The summed E-state index contributed by atoms with van der Waals surface area (Å²) in [4.78, 5) is 26.2. The Balaban J connectivity index is 1.58. The van der Waals surface area contributed by atoms with E-state index in [2.05, 4.69) is 0 Å². The zero-order chi connectivity index (χ0) is 20.0. The van der Waals surface area contributed by atoms with Crippen molar-refractivity contribution in [2.75, 3.05) is 13.1 Å². The average Bonchev–Trinajstić information content (AvgIpc) is 2.71. The third-order valence-electron chi connectivity index (χ3n) is 5.70. The predicted molar refractivity (Wildman–Crippen MR) is 107 cm³/mol. The maximum Gasteiger partial charge on any atom is 0.312 e. The highest BCUT2D eigenvalue weighted by molar-refractivity contribution is 5.79. The van der Waals surface area contributed by atoms with E-state index in [1.165, 1.54) is 5.56 Å². The second kappa shape index (κ2) is 9.02. The predicted octanol–water partition coefficient (Wildman–Crippen LogP) is 2.92. The number of carboxylic acid groups (broad SMARTS) is 1. The number of hydrogen-bond acceptors (Lipinski definition) is 3. The smallest absolute Gasteiger partial charge is 0.312 e. The zero-order valence-electron chi connectivity index (χ0n) is 16.0. The van der Waals surface area contributed by atoms with E-state index in [9.17, 15) is 19.8 Å². The van der Waals surface area contributed by atoms with Gasteiger partial charge in [-0.3, -0.25) is 9.59 Å². The van der Waals surface area contributed by atoms with Crippen LogP contribution in [0, 0.1) is 5.41 Å². The first-order valence-electron chi connectivity index (χ1n) is 9.78. The number of likely N-dealkylation sites (tertiary alicyclic amines) is 1. The highest BCUT2D eigenvalue weighted by Crippen LogP contribution is 2.36. The number of rotatable bonds is 7. The SMILES string of the molecule is O=C(CCCc1ccccc1)N1CC[C@](Cc2ccccc2)(C(=O)O)[C@@H](O)C1. The molecule has 1 heterocycles. The lowest BCUT2D eigenvalue weighted by molar-refractivity contribution is -0.166. The quantitative estimate of drug-likeness (QED) is 0.773. The van der Waals surface area contributed by atoms with Gasteiger partial charge in [0.15, 0.2) is 0 Å². The van der Waals surface area contributed by atoms with Gasteiger partial charge in [-0.25, -0.2) is 0 Å². The summed E-state index contributed by atoms with van der Waals surface area (Å²) >= 11 is 0. The van der Waals surface area contributed by atoms with Gasteiger partial charge in [0.05, 0.1) is 6.10 Å². The Morgan fingerprint density at radius 2 is 1.61 bits per heavy atom. The summed E-state index contributed by atoms with van der Waals surface area (Å²) in [5.41, 5.74) is 0.829. The summed E-state index contributed by atoms with van der Waals surface area (Å²) in [6.07, 6.45) is 1.40. The molecule has 0 spiro atoms. The van der Waals surface area contributed by atoms with E-state index < -0.39 is 17.5 Å². The van der Waals surface area contributed by atoms with Gasteiger partial charge in [0.1, 0.15) is 5.41 Å². The highest BCUT2D eigenvalue weighted by Gasteiger charge is 2.49. The Hall–Kier alpha value is -2.66. The van der Waals surface area contributed by atoms with Crippen molar-refractivity contribution in [1.29, 1.82) is 0 Å². The number of carboxylic acids is 1. The molecule has 1 aliphatic heterocycles. The molecule has 5 heteroatoms. The van der Waals surface area contributed by atoms with E-state index in [0.717, 1.165) is 18.4 Å². The number of nitrogens with zero attached hydrogens (tertiary/aromatic N) is 1. The van der Waals surface area contributed by atoms with Gasteiger partial charge in [-0.1, -0.05) is 60.7 Å². The van der Waals surface area contributed by atoms with Gasteiger partial charge in [-0.2, -0.15) is 0 Å². The molecule has 2 N–H and O–H groups in total. The Bertz CT molecular complexity index is 793. The van der Waals surface area contributed by atoms with Crippen molar-refractivity contribution in [1.82, 2.24) is 4.90 Å². The Labute approximate surface area is 165 Å². The van der Waals surface area contributed by atoms with Crippen molar-refractivity contribution in [3.63, 3.8) is 0 Å². The number of aryl methyl sites for hydroxylation is 1. The molecule has 28 heavy (non-hydrogen) atoms. The first-order valence-corrected chi connectivity index (χ1v) is 9.78. The summed E-state index contributed by atoms with van der Waals surface area (Å²) < 4.78 is 0. The highest BCUT2D eigenvalue weighted by atomic mass is 16.4. The molecule has 2 atom stereocenters. The minimum Gasteiger partial charge on any atom is -0.481 e. The molecule has 0 aliphatic carbocycles. The number of aliphatic carboxylic acids is 1. The summed E-state index contributed by atoms with van der Waals surface area (Å²) in [5.74, 6) is -1.02. The first-order chi connectivity index (χ1) is 13.5. The fourth-order valence-corrected chi connectivity index (χ4v) is 3.94. The molecule has 2 aromatic rings. The third-order valence-corrected chi connectivity index (χ3v) is 5.70. The number of amides is 1. The van der Waals surface area contributed by atoms with Crippen LogP contribution in [0.3, 0.4) is 0 Å². The monoisotopic (exact) mass is 381 g/mol. The average molecular weight is 381 g/mol. The molecular weight excluding hydrogens is 354 g/mol. The lowest BCUT2D eigenvalue weighted by atomic mass is 9.71. The van der Waals surface area contributed by atoms with Crippen LogP contribution < -0.4 is 0 Å². The van der Waals surface area contributed by atoms with Gasteiger partial charge >= 0.3 is 5.97 Å². The summed E-state index contributed by atoms with van der Waals surface area (Å²) in [7, 11) is 0. The van der Waals surface area contributed by atoms with Crippen molar-refractivity contribution in [2.24, 2.45) is 5.41 Å². The number of aliphatic hydroxyl groups excluding tert-OH is 1. The number of benzene rings is 2. The molecule has 3 rings (SSSR count). The molecule has 0 aromatic heterocycles. The standard InChI is InChI=1S/C23H27NO4/c25-20-17-24(21(26)13-7-12-18-8-3-1-4-9-18)15-14-23(20,22(27)28)16-19-10-5-2-6-11-19/h1-6,8-11,20,25H,7,12-17H2,(H,27,28)/t20-,23+/m0/s1. The summed E-state index contributed by atoms with van der Waals surface area (Å²) in [6, 6.07) is 19.4. The number of hydrogen-bond donors (Lipinski definition) is 2. The van der Waals surface area contributed by atoms with Crippen LogP contribution in [0.15, 0.2) is 60.7 Å². The number of piperidine rings is 1. The molecular formula is C23H27NO4. The van der Waals surface area contributed by atoms with E-state index in [1.54, 1.807) is 4.90 Å². The van der Waals surface area contributed by atoms with Crippen molar-refractivity contribution < 1.29 is 19.8 Å². The number of carbonyl (C=O) groups excluding carboxylic acids is 1. The Kier molecular flexibility index (Phi) is 6.47. The van der Waals surface area contributed by atoms with Crippen LogP contribution in [0.2, 0.25) is 0 Å². The lowest BCUT2D eigenvalue weighted by Gasteiger charge is -2.43. The molecule has 2 aromatic carbocycles. The normalized spacial score (nSPS) is 22.0. The van der Waals surface area contributed by atoms with Gasteiger partial charge in [-0.05, 0) is 36.8 Å². The molecule has 0 radical (unpaired) electrons. The van der Waals surface area contributed by atoms with Gasteiger partial charge in [0, 0.05) is 19.5 Å². The van der Waals surface area contributed by atoms with Gasteiger partial charge in [0.2, 0.25) is 5.91 Å². The molecule has 0 bridgehead atoms. The summed E-state index contributed by atoms with van der Waals surface area (Å²) in [6.45, 7) is 0.434. The summed E-state index contributed by atoms with van der Waals surface area (Å²) in [5, 5.41) is 20.5. The van der Waals surface area contributed by atoms with Crippen LogP contribution in [0.1, 0.15) is 30.4 Å². The van der Waals surface area contributed by atoms with Crippen molar-refractivity contribution in [3.05, 3.63) is 71.8 Å². The second-order valence-corrected chi connectivity index (χ2v) is 7.57. The maximum absolute atomic E-state index is 12.5. The van der Waals surface area contributed by atoms with Gasteiger partial charge in [0.25, 0.3) is 0 Å². The van der Waals surface area contributed by atoms with Crippen molar-refractivity contribution in [2.45, 2.75) is 38.2 Å². The van der Waals surface area contributed by atoms with E-state index >= 15 is 0 Å². The minimum atomic E-state index is -1.25. The second-order valence-electron chi connectivity index (χ2n) is 7.57. The van der Waals surface area contributed by atoms with Crippen LogP contribution in [-0.2, 0) is 22.4 Å². The van der Waals surface area contributed by atoms with E-state index in [0.29, 0.717) is 13.0 Å². The fraction of sp³-hybridized carbons (Fsp3) is 0.391. The maximum atomic E-state index is 12.5. The van der Waals surface area contributed by atoms with Gasteiger partial charge in [-0.15, -0.1) is 0 Å². The van der Waals surface area contributed by atoms with E-state index in [-0.39, 0.29) is 25.3 Å². The van der Waals surface area contributed by atoms with E-state index in [4.69, 9.17) is 0 Å². The first kappa shape index (κ1) is 20.1. The number of aliphatic hydroxyl groups is 1. The van der Waals surface area contributed by atoms with E-state index in [1.807, 2.05) is 60.7 Å². The zero-order valence-corrected chi connectivity index (χ0v) is 16.0. The van der Waals surface area contributed by atoms with Crippen LogP contribution in [-0.4, -0.2) is 46.2 Å². The third kappa shape index (κ3) is 4.60. The molecule has 1 aliphatic rings. The lowest BCUT2D eigenvalue weighted by Crippen LogP contribution is -2.57. The van der Waals surface area contributed by atoms with Crippen LogP contribution in [0.4, 0.5) is 0 Å². The van der Waals surface area contributed by atoms with Crippen LogP contribution in [0.25, 0.3) is 0 Å². The topological polar surface area (TPSA) is 77.8 Å². The Morgan fingerprint density at radius 1 is 1.00 bits per heavy atom. The minimum absolute atomic E-state index is 0.0197. The van der Waals surface area contributed by atoms with Crippen molar-refractivity contribution >= 4 is 11.9 Å². The largest absolute Gasteiger partial charge is 0.481 e. The molecule has 0 unspecified atom stereocenters. The molecule has 148 valence electrons. The molecule has 1 amide bonds. The molecule has 5 nitrogen and oxygen atoms in total. The number of β-amino-alcohol motifs (C(OH)–C–C–N with tert-alkyl or cyclic N) is 1. The fourth-order valence-electron chi connectivity index (χ4n) is 3.94. The van der Waals surface area contributed by atoms with Crippen LogP contribution >= 0.6 is 0 Å². The van der Waals surface area contributed by atoms with Crippen LogP contribution in [0.5, 0.6) is 0 Å². The van der Waals surface area contributed by atoms with Gasteiger partial charge < -0.3 is 15.1 Å². The molecule has 1 fully saturated rings. The molecule has 1 saturated heterocycles. The number of carbonyl (C=O) groups is 2. The van der Waals surface area contributed by atoms with Crippen molar-refractivity contribution in [3.8, 4) is 0 Å². The molecule has 0 saturated carbocycles.